The molecule has 1 heterocycles. The second-order valence-corrected chi connectivity index (χ2v) is 5.62. The van der Waals surface area contributed by atoms with Crippen LogP contribution in [0.5, 0.6) is 11.5 Å². The number of hydrogen-bond donors (Lipinski definition) is 1. The number of hydrogen-bond acceptors (Lipinski definition) is 6. The first-order valence-electron chi connectivity index (χ1n) is 7.90. The number of carboxylic acids is 1. The van der Waals surface area contributed by atoms with Crippen molar-refractivity contribution in [1.29, 1.82) is 0 Å². The van der Waals surface area contributed by atoms with Crippen LogP contribution in [-0.2, 0) is 4.79 Å². The van der Waals surface area contributed by atoms with Gasteiger partial charge in [-0.1, -0.05) is 0 Å². The van der Waals surface area contributed by atoms with E-state index in [9.17, 15) is 19.7 Å². The van der Waals surface area contributed by atoms with E-state index in [4.69, 9.17) is 14.6 Å². The Morgan fingerprint density at radius 2 is 1.96 bits per heavy atom. The Kier molecular flexibility index (Phi) is 5.79. The molecule has 9 heteroatoms. The van der Waals surface area contributed by atoms with Crippen LogP contribution in [-0.4, -0.2) is 53.6 Å². The highest BCUT2D eigenvalue weighted by Crippen LogP contribution is 2.35. The molecule has 1 aromatic rings. The molecule has 1 amide bonds. The number of methoxy groups -OCH3 is 1. The Labute approximate surface area is 144 Å². The summed E-state index contributed by atoms with van der Waals surface area (Å²) in [5.41, 5.74) is -0.464. The molecule has 0 unspecified atom stereocenters. The van der Waals surface area contributed by atoms with E-state index in [1.165, 1.54) is 24.1 Å². The molecular formula is C16H20N2O7. The first-order chi connectivity index (χ1) is 11.9. The van der Waals surface area contributed by atoms with Crippen molar-refractivity contribution in [3.8, 4) is 11.5 Å². The third-order valence-electron chi connectivity index (χ3n) is 4.14. The average Bonchev–Trinajstić information content (AvgIpc) is 2.60. The molecule has 1 N–H and O–H groups in total. The highest BCUT2D eigenvalue weighted by molar-refractivity contribution is 5.99. The predicted octanol–water partition coefficient (Wildman–Crippen LogP) is 1.94. The van der Waals surface area contributed by atoms with Crippen molar-refractivity contribution in [2.45, 2.75) is 19.8 Å². The summed E-state index contributed by atoms with van der Waals surface area (Å²) in [4.78, 5) is 35.9. The van der Waals surface area contributed by atoms with Crippen molar-refractivity contribution in [3.63, 3.8) is 0 Å². The van der Waals surface area contributed by atoms with E-state index in [-0.39, 0.29) is 35.8 Å². The number of rotatable bonds is 6. The lowest BCUT2D eigenvalue weighted by molar-refractivity contribution is -0.385. The maximum absolute atomic E-state index is 12.7. The van der Waals surface area contributed by atoms with Gasteiger partial charge >= 0.3 is 5.97 Å². The van der Waals surface area contributed by atoms with E-state index in [1.54, 1.807) is 6.92 Å². The minimum Gasteiger partial charge on any atom is -0.493 e. The van der Waals surface area contributed by atoms with Crippen molar-refractivity contribution in [1.82, 2.24) is 4.90 Å². The number of nitrogens with zero attached hydrogens (tertiary/aromatic N) is 2. The summed E-state index contributed by atoms with van der Waals surface area (Å²) in [6.45, 7) is 2.54. The predicted molar refractivity (Wildman–Crippen MR) is 87.1 cm³/mol. The molecule has 0 atom stereocenters. The number of benzene rings is 1. The van der Waals surface area contributed by atoms with Crippen LogP contribution < -0.4 is 9.47 Å². The van der Waals surface area contributed by atoms with Gasteiger partial charge in [0.1, 0.15) is 5.56 Å². The standard InChI is InChI=1S/C16H20N2O7/c1-3-25-14-8-11(12(18(22)23)9-13(14)24-2)15(19)17-6-4-10(5-7-17)16(20)21/h8-10H,3-7H2,1-2H3,(H,20,21). The number of amides is 1. The third-order valence-corrected chi connectivity index (χ3v) is 4.14. The number of aliphatic carboxylic acids is 1. The lowest BCUT2D eigenvalue weighted by Crippen LogP contribution is -2.40. The van der Waals surface area contributed by atoms with Gasteiger partial charge in [0.2, 0.25) is 0 Å². The van der Waals surface area contributed by atoms with E-state index in [0.29, 0.717) is 19.4 Å². The first-order valence-corrected chi connectivity index (χ1v) is 7.90. The molecule has 1 aromatic carbocycles. The quantitative estimate of drug-likeness (QED) is 0.613. The highest BCUT2D eigenvalue weighted by Gasteiger charge is 2.32. The monoisotopic (exact) mass is 352 g/mol. The SMILES string of the molecule is CCOc1cc(C(=O)N2CCC(C(=O)O)CC2)c([N+](=O)[O-])cc1OC. The molecule has 1 saturated heterocycles. The Balaban J connectivity index is 2.33. The Hall–Kier alpha value is -2.84. The normalized spacial score (nSPS) is 14.9. The number of carboxylic acid groups (broad SMARTS) is 1. The molecule has 9 nitrogen and oxygen atoms in total. The molecule has 0 saturated carbocycles. The van der Waals surface area contributed by atoms with Gasteiger partial charge in [0.25, 0.3) is 11.6 Å². The zero-order valence-electron chi connectivity index (χ0n) is 14.1. The molecule has 0 radical (unpaired) electrons. The minimum atomic E-state index is -0.888. The highest BCUT2D eigenvalue weighted by atomic mass is 16.6. The summed E-state index contributed by atoms with van der Waals surface area (Å²) in [6, 6.07) is 2.48. The topological polar surface area (TPSA) is 119 Å². The molecule has 0 aliphatic carbocycles. The molecule has 2 rings (SSSR count). The fourth-order valence-electron chi connectivity index (χ4n) is 2.80. The van der Waals surface area contributed by atoms with E-state index < -0.39 is 22.7 Å². The largest absolute Gasteiger partial charge is 0.493 e. The maximum Gasteiger partial charge on any atom is 0.306 e. The van der Waals surface area contributed by atoms with E-state index in [0.717, 1.165) is 0 Å². The van der Waals surface area contributed by atoms with Gasteiger partial charge < -0.3 is 19.5 Å². The zero-order valence-corrected chi connectivity index (χ0v) is 14.1. The Morgan fingerprint density at radius 1 is 1.32 bits per heavy atom. The van der Waals surface area contributed by atoms with Crippen molar-refractivity contribution < 1.29 is 29.1 Å². The maximum atomic E-state index is 12.7. The van der Waals surface area contributed by atoms with Crippen LogP contribution in [0.3, 0.4) is 0 Å². The van der Waals surface area contributed by atoms with Gasteiger partial charge in [-0.3, -0.25) is 19.7 Å². The lowest BCUT2D eigenvalue weighted by atomic mass is 9.96. The molecule has 0 spiro atoms. The zero-order chi connectivity index (χ0) is 18.6. The van der Waals surface area contributed by atoms with Crippen LogP contribution in [0.1, 0.15) is 30.1 Å². The second-order valence-electron chi connectivity index (χ2n) is 5.62. The summed E-state index contributed by atoms with van der Waals surface area (Å²) >= 11 is 0. The minimum absolute atomic E-state index is 0.0944. The number of carbonyl (C=O) groups is 2. The Bertz CT molecular complexity index is 681. The van der Waals surface area contributed by atoms with Crippen LogP contribution in [0, 0.1) is 16.0 Å². The van der Waals surface area contributed by atoms with E-state index in [1.807, 2.05) is 0 Å². The fourth-order valence-corrected chi connectivity index (χ4v) is 2.80. The van der Waals surface area contributed by atoms with Gasteiger partial charge in [0.15, 0.2) is 11.5 Å². The van der Waals surface area contributed by atoms with Gasteiger partial charge in [0, 0.05) is 19.2 Å². The van der Waals surface area contributed by atoms with Gasteiger partial charge in [-0.15, -0.1) is 0 Å². The van der Waals surface area contributed by atoms with E-state index in [2.05, 4.69) is 0 Å². The number of likely N-dealkylation sites (tertiary alicyclic amines) is 1. The number of piperidine rings is 1. The van der Waals surface area contributed by atoms with Crippen molar-refractivity contribution in [3.05, 3.63) is 27.8 Å². The molecule has 0 aromatic heterocycles. The van der Waals surface area contributed by atoms with Crippen LogP contribution >= 0.6 is 0 Å². The van der Waals surface area contributed by atoms with Gasteiger partial charge in [-0.25, -0.2) is 0 Å². The third kappa shape index (κ3) is 3.98. The van der Waals surface area contributed by atoms with Gasteiger partial charge in [-0.2, -0.15) is 0 Å². The molecule has 136 valence electrons. The van der Waals surface area contributed by atoms with Crippen LogP contribution in [0.2, 0.25) is 0 Å². The smallest absolute Gasteiger partial charge is 0.306 e. The molecule has 0 bridgehead atoms. The fraction of sp³-hybridized carbons (Fsp3) is 0.500. The first kappa shape index (κ1) is 18.5. The van der Waals surface area contributed by atoms with Gasteiger partial charge in [-0.05, 0) is 19.8 Å². The Morgan fingerprint density at radius 3 is 2.44 bits per heavy atom. The summed E-state index contributed by atoms with van der Waals surface area (Å²) in [7, 11) is 1.36. The molecule has 1 aliphatic heterocycles. The van der Waals surface area contributed by atoms with Crippen LogP contribution in [0.25, 0.3) is 0 Å². The molecule has 25 heavy (non-hydrogen) atoms. The van der Waals surface area contributed by atoms with Crippen molar-refractivity contribution in [2.24, 2.45) is 5.92 Å². The van der Waals surface area contributed by atoms with Crippen LogP contribution in [0.15, 0.2) is 12.1 Å². The second kappa shape index (κ2) is 7.82. The summed E-state index contributed by atoms with van der Waals surface area (Å²) in [6.07, 6.45) is 0.646. The van der Waals surface area contributed by atoms with Crippen molar-refractivity contribution in [2.75, 3.05) is 26.8 Å². The lowest BCUT2D eigenvalue weighted by Gasteiger charge is -2.30. The number of nitro benzene ring substituents is 1. The number of carbonyl (C=O) groups excluding carboxylic acids is 1. The molecule has 1 aliphatic rings. The van der Waals surface area contributed by atoms with E-state index >= 15 is 0 Å². The van der Waals surface area contributed by atoms with Crippen LogP contribution in [0.4, 0.5) is 5.69 Å². The number of nitro groups is 1. The molecular weight excluding hydrogens is 332 g/mol. The summed E-state index contributed by atoms with van der Waals surface area (Å²) in [5.74, 6) is -1.47. The summed E-state index contributed by atoms with van der Waals surface area (Å²) in [5, 5.41) is 20.4. The average molecular weight is 352 g/mol. The van der Waals surface area contributed by atoms with Crippen molar-refractivity contribution >= 4 is 17.6 Å². The van der Waals surface area contributed by atoms with Gasteiger partial charge in [0.05, 0.1) is 30.6 Å². The molecule has 1 fully saturated rings. The number of ether oxygens (including phenoxy) is 2. The summed E-state index contributed by atoms with van der Waals surface area (Å²) < 4.78 is 10.5.